The Hall–Kier alpha value is -2.03. The number of sulfonamides is 1. The predicted octanol–water partition coefficient (Wildman–Crippen LogP) is 2.62. The lowest BCUT2D eigenvalue weighted by Crippen LogP contribution is -2.48. The second-order valence-electron chi connectivity index (χ2n) is 6.53. The zero-order chi connectivity index (χ0) is 19.4. The average molecular weight is 396 g/mol. The number of benzene rings is 2. The number of halogens is 2. The highest BCUT2D eigenvalue weighted by molar-refractivity contribution is 7.88. The number of hydrogen-bond donors (Lipinski definition) is 0. The summed E-state index contributed by atoms with van der Waals surface area (Å²) in [7, 11) is -2.03. The van der Waals surface area contributed by atoms with Crippen LogP contribution >= 0.6 is 0 Å². The van der Waals surface area contributed by atoms with Crippen LogP contribution in [0.2, 0.25) is 0 Å². The molecule has 0 bridgehead atoms. The third kappa shape index (κ3) is 5.03. The average Bonchev–Trinajstić information content (AvgIpc) is 2.64. The van der Waals surface area contributed by atoms with E-state index in [0.29, 0.717) is 38.3 Å². The molecule has 0 spiro atoms. The SMILES string of the molecule is COc1ccc(CN2CCN(S(=O)(=O)Cc3ccc(F)cc3)CC2)cc1F. The first-order chi connectivity index (χ1) is 12.9. The Bertz CT molecular complexity index is 880. The number of hydrogen-bond acceptors (Lipinski definition) is 4. The van der Waals surface area contributed by atoms with Gasteiger partial charge in [-0.1, -0.05) is 18.2 Å². The standard InChI is InChI=1S/C19H22F2N2O3S/c1-26-19-7-4-16(12-18(19)21)13-22-8-10-23(11-9-22)27(24,25)14-15-2-5-17(20)6-3-15/h2-7,12H,8-11,13-14H2,1H3. The Kier molecular flexibility index (Phi) is 6.08. The van der Waals surface area contributed by atoms with Gasteiger partial charge in [-0.3, -0.25) is 4.90 Å². The van der Waals surface area contributed by atoms with Crippen LogP contribution in [0.3, 0.4) is 0 Å². The van der Waals surface area contributed by atoms with Crippen LogP contribution in [0.15, 0.2) is 42.5 Å². The first-order valence-corrected chi connectivity index (χ1v) is 10.3. The van der Waals surface area contributed by atoms with Gasteiger partial charge in [0.05, 0.1) is 12.9 Å². The van der Waals surface area contributed by atoms with Gasteiger partial charge in [0.1, 0.15) is 5.82 Å². The lowest BCUT2D eigenvalue weighted by Gasteiger charge is -2.34. The highest BCUT2D eigenvalue weighted by Crippen LogP contribution is 2.20. The molecule has 2 aromatic rings. The molecule has 0 radical (unpaired) electrons. The summed E-state index contributed by atoms with van der Waals surface area (Å²) in [6, 6.07) is 10.3. The third-order valence-electron chi connectivity index (χ3n) is 4.61. The van der Waals surface area contributed by atoms with Crippen molar-refractivity contribution in [2.24, 2.45) is 0 Å². The molecule has 2 aromatic carbocycles. The van der Waals surface area contributed by atoms with Gasteiger partial charge >= 0.3 is 0 Å². The number of methoxy groups -OCH3 is 1. The van der Waals surface area contributed by atoms with Crippen LogP contribution in [0.4, 0.5) is 8.78 Å². The number of rotatable bonds is 6. The first-order valence-electron chi connectivity index (χ1n) is 8.64. The molecule has 0 N–H and O–H groups in total. The highest BCUT2D eigenvalue weighted by atomic mass is 32.2. The smallest absolute Gasteiger partial charge is 0.218 e. The monoisotopic (exact) mass is 396 g/mol. The van der Waals surface area contributed by atoms with Gasteiger partial charge in [-0.15, -0.1) is 0 Å². The fourth-order valence-electron chi connectivity index (χ4n) is 3.11. The molecular weight excluding hydrogens is 374 g/mol. The molecule has 5 nitrogen and oxygen atoms in total. The molecular formula is C19H22F2N2O3S. The van der Waals surface area contributed by atoms with Crippen LogP contribution in [0.25, 0.3) is 0 Å². The van der Waals surface area contributed by atoms with Gasteiger partial charge in [0.15, 0.2) is 11.6 Å². The minimum Gasteiger partial charge on any atom is -0.494 e. The van der Waals surface area contributed by atoms with E-state index >= 15 is 0 Å². The van der Waals surface area contributed by atoms with Crippen molar-refractivity contribution >= 4 is 10.0 Å². The molecule has 1 aliphatic heterocycles. The van der Waals surface area contributed by atoms with E-state index in [2.05, 4.69) is 4.90 Å². The lowest BCUT2D eigenvalue weighted by atomic mass is 10.2. The van der Waals surface area contributed by atoms with Crippen LogP contribution in [0.5, 0.6) is 5.75 Å². The van der Waals surface area contributed by atoms with E-state index < -0.39 is 15.8 Å². The normalized spacial score (nSPS) is 16.4. The van der Waals surface area contributed by atoms with E-state index in [1.165, 1.54) is 41.7 Å². The Morgan fingerprint density at radius 1 is 0.963 bits per heavy atom. The van der Waals surface area contributed by atoms with Crippen LogP contribution in [-0.2, 0) is 22.3 Å². The Morgan fingerprint density at radius 3 is 2.19 bits per heavy atom. The highest BCUT2D eigenvalue weighted by Gasteiger charge is 2.27. The van der Waals surface area contributed by atoms with Gasteiger partial charge in [0.25, 0.3) is 0 Å². The summed E-state index contributed by atoms with van der Waals surface area (Å²) >= 11 is 0. The van der Waals surface area contributed by atoms with Crippen molar-refractivity contribution in [3.05, 3.63) is 65.2 Å². The van der Waals surface area contributed by atoms with E-state index in [4.69, 9.17) is 4.74 Å². The zero-order valence-electron chi connectivity index (χ0n) is 15.1. The number of piperazine rings is 1. The molecule has 146 valence electrons. The van der Waals surface area contributed by atoms with Crippen LogP contribution < -0.4 is 4.74 Å². The Balaban J connectivity index is 1.56. The molecule has 8 heteroatoms. The second kappa shape index (κ2) is 8.33. The number of nitrogens with zero attached hydrogens (tertiary/aromatic N) is 2. The van der Waals surface area contributed by atoms with Gasteiger partial charge < -0.3 is 4.74 Å². The van der Waals surface area contributed by atoms with Crippen LogP contribution in [-0.4, -0.2) is 50.9 Å². The third-order valence-corrected chi connectivity index (χ3v) is 6.46. The summed E-state index contributed by atoms with van der Waals surface area (Å²) in [5, 5.41) is 0. The molecule has 27 heavy (non-hydrogen) atoms. The molecule has 1 heterocycles. The Labute approximate surface area is 158 Å². The fourth-order valence-corrected chi connectivity index (χ4v) is 4.63. The van der Waals surface area contributed by atoms with E-state index in [0.717, 1.165) is 5.56 Å². The Morgan fingerprint density at radius 2 is 1.59 bits per heavy atom. The number of ether oxygens (including phenoxy) is 1. The summed E-state index contributed by atoms with van der Waals surface area (Å²) < 4.78 is 58.3. The fraction of sp³-hybridized carbons (Fsp3) is 0.368. The van der Waals surface area contributed by atoms with E-state index in [-0.39, 0.29) is 17.3 Å². The van der Waals surface area contributed by atoms with Crippen molar-refractivity contribution in [1.82, 2.24) is 9.21 Å². The summed E-state index contributed by atoms with van der Waals surface area (Å²) in [5.74, 6) is -0.734. The largest absolute Gasteiger partial charge is 0.494 e. The van der Waals surface area contributed by atoms with Gasteiger partial charge in [-0.2, -0.15) is 4.31 Å². The maximum Gasteiger partial charge on any atom is 0.218 e. The van der Waals surface area contributed by atoms with Crippen molar-refractivity contribution in [2.75, 3.05) is 33.3 Å². The molecule has 0 unspecified atom stereocenters. The first kappa shape index (κ1) is 19.7. The van der Waals surface area contributed by atoms with Crippen molar-refractivity contribution in [2.45, 2.75) is 12.3 Å². The van der Waals surface area contributed by atoms with Gasteiger partial charge in [0.2, 0.25) is 10.0 Å². The maximum atomic E-state index is 13.8. The van der Waals surface area contributed by atoms with E-state index in [1.807, 2.05) is 0 Å². The van der Waals surface area contributed by atoms with Gasteiger partial charge in [-0.05, 0) is 35.4 Å². The zero-order valence-corrected chi connectivity index (χ0v) is 15.9. The molecule has 1 saturated heterocycles. The van der Waals surface area contributed by atoms with Crippen molar-refractivity contribution in [1.29, 1.82) is 0 Å². The summed E-state index contributed by atoms with van der Waals surface area (Å²) in [5.41, 5.74) is 1.38. The predicted molar refractivity (Wildman–Crippen MR) is 98.8 cm³/mol. The van der Waals surface area contributed by atoms with Crippen LogP contribution in [0, 0.1) is 11.6 Å². The second-order valence-corrected chi connectivity index (χ2v) is 8.50. The molecule has 0 aliphatic carbocycles. The molecule has 0 amide bonds. The summed E-state index contributed by atoms with van der Waals surface area (Å²) in [4.78, 5) is 2.09. The molecule has 1 fully saturated rings. The van der Waals surface area contributed by atoms with Crippen LogP contribution in [0.1, 0.15) is 11.1 Å². The molecule has 1 aliphatic rings. The van der Waals surface area contributed by atoms with Gasteiger partial charge in [0, 0.05) is 32.7 Å². The molecule has 0 atom stereocenters. The van der Waals surface area contributed by atoms with Crippen molar-refractivity contribution < 1.29 is 21.9 Å². The quantitative estimate of drug-likeness (QED) is 0.753. The minimum absolute atomic E-state index is 0.142. The van der Waals surface area contributed by atoms with Crippen molar-refractivity contribution in [3.63, 3.8) is 0 Å². The topological polar surface area (TPSA) is 49.9 Å². The van der Waals surface area contributed by atoms with Gasteiger partial charge in [-0.25, -0.2) is 17.2 Å². The van der Waals surface area contributed by atoms with E-state index in [9.17, 15) is 17.2 Å². The maximum absolute atomic E-state index is 13.8. The minimum atomic E-state index is -3.45. The lowest BCUT2D eigenvalue weighted by molar-refractivity contribution is 0.181. The molecule has 0 saturated carbocycles. The molecule has 3 rings (SSSR count). The van der Waals surface area contributed by atoms with Crippen molar-refractivity contribution in [3.8, 4) is 5.75 Å². The molecule has 0 aromatic heterocycles. The van der Waals surface area contributed by atoms with E-state index in [1.54, 1.807) is 12.1 Å². The summed E-state index contributed by atoms with van der Waals surface area (Å²) in [6.45, 7) is 2.43. The summed E-state index contributed by atoms with van der Waals surface area (Å²) in [6.07, 6.45) is 0.